The van der Waals surface area contributed by atoms with Crippen LogP contribution in [0.5, 0.6) is 11.5 Å². The van der Waals surface area contributed by atoms with Crippen LogP contribution < -0.4 is 14.8 Å². The summed E-state index contributed by atoms with van der Waals surface area (Å²) in [5, 5.41) is 15.7. The molecule has 4 fully saturated rings. The molecule has 2 aromatic heterocycles. The maximum Gasteiger partial charge on any atom is 0.230 e. The molecule has 8 heteroatoms. The molecule has 1 aromatic carbocycles. The van der Waals surface area contributed by atoms with E-state index in [2.05, 4.69) is 11.4 Å². The molecule has 2 heterocycles. The number of ether oxygens (including phenoxy) is 2. The predicted molar refractivity (Wildman–Crippen MR) is 151 cm³/mol. The largest absolute Gasteiger partial charge is 0.493 e. The van der Waals surface area contributed by atoms with Gasteiger partial charge in [-0.2, -0.15) is 5.26 Å². The Morgan fingerprint density at radius 1 is 1.11 bits per heavy atom. The number of aromatic nitrogens is 1. The molecule has 7 rings (SSSR count). The van der Waals surface area contributed by atoms with Crippen molar-refractivity contribution in [2.75, 3.05) is 20.0 Å². The second-order valence-electron chi connectivity index (χ2n) is 10.9. The number of thioether (sulfide) groups is 1. The van der Waals surface area contributed by atoms with E-state index in [0.29, 0.717) is 22.8 Å². The van der Waals surface area contributed by atoms with Crippen LogP contribution in [0.25, 0.3) is 21.8 Å². The summed E-state index contributed by atoms with van der Waals surface area (Å²) in [6.45, 7) is 0. The van der Waals surface area contributed by atoms with E-state index in [9.17, 15) is 10.1 Å². The molecule has 1 N–H and O–H groups in total. The smallest absolute Gasteiger partial charge is 0.230 e. The highest BCUT2D eigenvalue weighted by atomic mass is 32.2. The number of hydrogen-bond acceptors (Lipinski definition) is 7. The third-order valence-corrected chi connectivity index (χ3v) is 10.3. The Morgan fingerprint density at radius 2 is 1.82 bits per heavy atom. The minimum absolute atomic E-state index is 0.0182. The van der Waals surface area contributed by atoms with E-state index in [4.69, 9.17) is 14.5 Å². The Bertz CT molecular complexity index is 1360. The van der Waals surface area contributed by atoms with E-state index >= 15 is 0 Å². The third kappa shape index (κ3) is 4.78. The van der Waals surface area contributed by atoms with Gasteiger partial charge in [-0.15, -0.1) is 23.1 Å². The summed E-state index contributed by atoms with van der Waals surface area (Å²) in [4.78, 5) is 19.9. The summed E-state index contributed by atoms with van der Waals surface area (Å²) in [5.74, 6) is 3.84. The van der Waals surface area contributed by atoms with Gasteiger partial charge in [-0.3, -0.25) is 4.79 Å². The number of amides is 1. The number of carbonyl (C=O) groups excluding carboxylic acids is 1. The van der Waals surface area contributed by atoms with Crippen molar-refractivity contribution in [3.05, 3.63) is 47.3 Å². The molecular formula is C30H31N3O3S2. The van der Waals surface area contributed by atoms with Crippen LogP contribution in [0.15, 0.2) is 46.7 Å². The molecule has 0 atom stereocenters. The normalized spacial score (nSPS) is 25.1. The van der Waals surface area contributed by atoms with Crippen LogP contribution in [0.2, 0.25) is 0 Å². The van der Waals surface area contributed by atoms with Gasteiger partial charge in [-0.05, 0) is 92.0 Å². The number of carbonyl (C=O) groups is 1. The van der Waals surface area contributed by atoms with E-state index in [-0.39, 0.29) is 17.2 Å². The lowest BCUT2D eigenvalue weighted by Gasteiger charge is -2.56. The van der Waals surface area contributed by atoms with E-state index < -0.39 is 0 Å². The van der Waals surface area contributed by atoms with Gasteiger partial charge in [-0.1, -0.05) is 6.07 Å². The van der Waals surface area contributed by atoms with E-state index in [1.165, 1.54) is 31.0 Å². The van der Waals surface area contributed by atoms with Crippen LogP contribution in [0.4, 0.5) is 0 Å². The third-order valence-electron chi connectivity index (χ3n) is 8.33. The molecule has 0 radical (unpaired) electrons. The summed E-state index contributed by atoms with van der Waals surface area (Å²) in [6, 6.07) is 13.9. The minimum atomic E-state index is -0.0182. The zero-order chi connectivity index (χ0) is 26.3. The predicted octanol–water partition coefficient (Wildman–Crippen LogP) is 6.54. The fourth-order valence-corrected chi connectivity index (χ4v) is 8.75. The van der Waals surface area contributed by atoms with Gasteiger partial charge in [0.2, 0.25) is 5.91 Å². The number of thiophene rings is 1. The van der Waals surface area contributed by atoms with Crippen molar-refractivity contribution in [3.8, 4) is 39.4 Å². The molecule has 4 saturated carbocycles. The quantitative estimate of drug-likeness (QED) is 0.324. The average molecular weight is 546 g/mol. The summed E-state index contributed by atoms with van der Waals surface area (Å²) < 4.78 is 10.9. The summed E-state index contributed by atoms with van der Waals surface area (Å²) >= 11 is 3.02. The molecule has 0 aliphatic heterocycles. The Labute approximate surface area is 231 Å². The molecular weight excluding hydrogens is 514 g/mol. The first-order chi connectivity index (χ1) is 18.5. The number of methoxy groups -OCH3 is 2. The summed E-state index contributed by atoms with van der Waals surface area (Å²) in [5.41, 5.74) is 2.56. The Hall–Kier alpha value is -3.02. The molecule has 0 unspecified atom stereocenters. The molecule has 38 heavy (non-hydrogen) atoms. The minimum Gasteiger partial charge on any atom is -0.493 e. The molecule has 3 aromatic rings. The molecule has 4 bridgehead atoms. The number of nitrogens with one attached hydrogen (secondary N) is 1. The number of rotatable bonds is 8. The van der Waals surface area contributed by atoms with Crippen LogP contribution in [0.3, 0.4) is 0 Å². The lowest BCUT2D eigenvalue weighted by atomic mass is 9.53. The van der Waals surface area contributed by atoms with Gasteiger partial charge in [0.15, 0.2) is 11.5 Å². The van der Waals surface area contributed by atoms with Gasteiger partial charge >= 0.3 is 0 Å². The Morgan fingerprint density at radius 3 is 2.42 bits per heavy atom. The van der Waals surface area contributed by atoms with Crippen molar-refractivity contribution in [1.29, 1.82) is 5.26 Å². The fraction of sp³-hybridized carbons (Fsp3) is 0.433. The van der Waals surface area contributed by atoms with E-state index in [0.717, 1.165) is 58.0 Å². The van der Waals surface area contributed by atoms with Crippen LogP contribution in [0, 0.1) is 29.1 Å². The van der Waals surface area contributed by atoms with Crippen molar-refractivity contribution in [2.45, 2.75) is 49.0 Å². The second-order valence-corrected chi connectivity index (χ2v) is 12.9. The number of pyridine rings is 1. The molecule has 0 spiro atoms. The molecule has 6 nitrogen and oxygen atoms in total. The highest BCUT2D eigenvalue weighted by Crippen LogP contribution is 2.55. The highest BCUT2D eigenvalue weighted by Gasteiger charge is 2.51. The first-order valence-electron chi connectivity index (χ1n) is 13.1. The molecule has 4 aliphatic carbocycles. The Kier molecular flexibility index (Phi) is 6.83. The Balaban J connectivity index is 1.29. The highest BCUT2D eigenvalue weighted by molar-refractivity contribution is 8.00. The van der Waals surface area contributed by atoms with Crippen LogP contribution in [-0.4, -0.2) is 36.4 Å². The lowest BCUT2D eigenvalue weighted by Crippen LogP contribution is -2.60. The van der Waals surface area contributed by atoms with Crippen molar-refractivity contribution >= 4 is 29.0 Å². The maximum atomic E-state index is 13.3. The van der Waals surface area contributed by atoms with Crippen LogP contribution >= 0.6 is 23.1 Å². The molecule has 196 valence electrons. The van der Waals surface area contributed by atoms with Crippen molar-refractivity contribution in [3.63, 3.8) is 0 Å². The fourth-order valence-electron chi connectivity index (χ4n) is 7.23. The van der Waals surface area contributed by atoms with Gasteiger partial charge in [0.1, 0.15) is 6.07 Å². The van der Waals surface area contributed by atoms with Gasteiger partial charge < -0.3 is 14.8 Å². The van der Waals surface area contributed by atoms with Crippen LogP contribution in [-0.2, 0) is 4.79 Å². The first-order valence-corrected chi connectivity index (χ1v) is 15.0. The number of benzene rings is 1. The zero-order valence-corrected chi connectivity index (χ0v) is 23.3. The number of nitrogens with zero attached hydrogens (tertiary/aromatic N) is 2. The standard InChI is InChI=1S/C30H31N3O3S2/c1-35-24-6-5-21(11-25(24)36-2)29-22(16-31)27(12-23(32-29)26-4-3-7-37-26)38-17-28(34)33-30-13-18-8-19(14-30)10-20(9-18)15-30/h3-7,11-12,18-20H,8-10,13-15,17H2,1-2H3,(H,33,34). The monoisotopic (exact) mass is 545 g/mol. The van der Waals surface area contributed by atoms with Gasteiger partial charge in [0.05, 0.1) is 41.8 Å². The topological polar surface area (TPSA) is 84.2 Å². The average Bonchev–Trinajstić information content (AvgIpc) is 3.45. The van der Waals surface area contributed by atoms with Crippen molar-refractivity contribution in [1.82, 2.24) is 10.3 Å². The second kappa shape index (κ2) is 10.3. The summed E-state index contributed by atoms with van der Waals surface area (Å²) in [7, 11) is 3.18. The van der Waals surface area contributed by atoms with E-state index in [1.807, 2.05) is 41.8 Å². The molecule has 4 aliphatic rings. The SMILES string of the molecule is COc1ccc(-c2nc(-c3cccs3)cc(SCC(=O)NC34CC5CC(CC(C5)C3)C4)c2C#N)cc1OC. The molecule has 0 saturated heterocycles. The maximum absolute atomic E-state index is 13.3. The van der Waals surface area contributed by atoms with Crippen LogP contribution in [0.1, 0.15) is 44.1 Å². The zero-order valence-electron chi connectivity index (χ0n) is 21.7. The summed E-state index contributed by atoms with van der Waals surface area (Å²) in [6.07, 6.45) is 7.41. The van der Waals surface area contributed by atoms with Crippen molar-refractivity contribution < 1.29 is 14.3 Å². The van der Waals surface area contributed by atoms with Gasteiger partial charge in [-0.25, -0.2) is 4.98 Å². The lowest BCUT2D eigenvalue weighted by molar-refractivity contribution is -0.124. The van der Waals surface area contributed by atoms with Gasteiger partial charge in [0, 0.05) is 16.0 Å². The number of hydrogen-bond donors (Lipinski definition) is 1. The number of nitriles is 1. The molecule has 1 amide bonds. The van der Waals surface area contributed by atoms with Crippen molar-refractivity contribution in [2.24, 2.45) is 17.8 Å². The van der Waals surface area contributed by atoms with E-state index in [1.54, 1.807) is 25.6 Å². The first kappa shape index (κ1) is 25.3. The van der Waals surface area contributed by atoms with Gasteiger partial charge in [0.25, 0.3) is 0 Å².